The fourth-order valence-corrected chi connectivity index (χ4v) is 2.58. The number of halogens is 1. The van der Waals surface area contributed by atoms with Gasteiger partial charge in [0, 0.05) is 6.54 Å². The van der Waals surface area contributed by atoms with Gasteiger partial charge in [-0.05, 0) is 43.7 Å². The van der Waals surface area contributed by atoms with Gasteiger partial charge in [0.25, 0.3) is 0 Å². The summed E-state index contributed by atoms with van der Waals surface area (Å²) in [6, 6.07) is 16.2. The molecule has 0 saturated heterocycles. The van der Waals surface area contributed by atoms with Crippen molar-refractivity contribution < 1.29 is 4.74 Å². The van der Waals surface area contributed by atoms with Crippen molar-refractivity contribution in [2.45, 2.75) is 20.4 Å². The molecule has 0 amide bonds. The zero-order valence-corrected chi connectivity index (χ0v) is 19.0. The standard InChI is InChI=1S/C21H26N6O.HI/c1-3-23-21(24-12-13-28-20-10-4-17(2)5-11-20)25-14-18-6-8-19(9-7-18)27-16-22-15-26-27;/h4-11,15-16H,3,12-14H2,1-2H3,(H2,23,24,25);1H. The molecule has 1 heterocycles. The van der Waals surface area contributed by atoms with E-state index in [2.05, 4.69) is 32.6 Å². The van der Waals surface area contributed by atoms with Gasteiger partial charge in [-0.1, -0.05) is 29.8 Å². The Labute approximate surface area is 188 Å². The first-order valence-electron chi connectivity index (χ1n) is 9.40. The molecule has 0 atom stereocenters. The second kappa shape index (κ2) is 12.1. The maximum atomic E-state index is 5.74. The molecule has 0 unspecified atom stereocenters. The number of aromatic nitrogens is 3. The molecule has 0 aliphatic heterocycles. The van der Waals surface area contributed by atoms with Crippen LogP contribution in [0, 0.1) is 6.92 Å². The number of aryl methyl sites for hydroxylation is 1. The number of ether oxygens (including phenoxy) is 1. The summed E-state index contributed by atoms with van der Waals surface area (Å²) in [4.78, 5) is 8.60. The first-order chi connectivity index (χ1) is 13.7. The van der Waals surface area contributed by atoms with Crippen molar-refractivity contribution in [2.75, 3.05) is 19.7 Å². The highest BCUT2D eigenvalue weighted by molar-refractivity contribution is 14.0. The van der Waals surface area contributed by atoms with Crippen molar-refractivity contribution in [1.29, 1.82) is 0 Å². The topological polar surface area (TPSA) is 76.4 Å². The third kappa shape index (κ3) is 7.37. The second-order valence-corrected chi connectivity index (χ2v) is 6.29. The van der Waals surface area contributed by atoms with E-state index >= 15 is 0 Å². The van der Waals surface area contributed by atoms with Crippen LogP contribution in [0.5, 0.6) is 5.75 Å². The zero-order valence-electron chi connectivity index (χ0n) is 16.7. The molecular weight excluding hydrogens is 479 g/mol. The summed E-state index contributed by atoms with van der Waals surface area (Å²) >= 11 is 0. The maximum Gasteiger partial charge on any atom is 0.191 e. The Bertz CT molecular complexity index is 863. The minimum absolute atomic E-state index is 0. The number of hydrogen-bond donors (Lipinski definition) is 2. The van der Waals surface area contributed by atoms with E-state index < -0.39 is 0 Å². The SMILES string of the molecule is CCNC(=NCc1ccc(-n2cncn2)cc1)NCCOc1ccc(C)cc1.I. The lowest BCUT2D eigenvalue weighted by molar-refractivity contribution is 0.322. The van der Waals surface area contributed by atoms with Crippen LogP contribution in [0.25, 0.3) is 5.69 Å². The van der Waals surface area contributed by atoms with Crippen LogP contribution in [0.15, 0.2) is 66.2 Å². The highest BCUT2D eigenvalue weighted by Crippen LogP contribution is 2.11. The largest absolute Gasteiger partial charge is 0.492 e. The van der Waals surface area contributed by atoms with E-state index in [9.17, 15) is 0 Å². The van der Waals surface area contributed by atoms with Gasteiger partial charge in [-0.2, -0.15) is 5.10 Å². The second-order valence-electron chi connectivity index (χ2n) is 6.29. The monoisotopic (exact) mass is 506 g/mol. The highest BCUT2D eigenvalue weighted by atomic mass is 127. The van der Waals surface area contributed by atoms with E-state index in [0.29, 0.717) is 19.7 Å². The number of benzene rings is 2. The molecular formula is C21H27IN6O. The van der Waals surface area contributed by atoms with E-state index in [1.54, 1.807) is 11.0 Å². The van der Waals surface area contributed by atoms with Crippen LogP contribution >= 0.6 is 24.0 Å². The maximum absolute atomic E-state index is 5.74. The number of guanidine groups is 1. The summed E-state index contributed by atoms with van der Waals surface area (Å²) in [6.07, 6.45) is 3.20. The first-order valence-corrected chi connectivity index (χ1v) is 9.40. The Kier molecular flexibility index (Phi) is 9.42. The number of hydrogen-bond acceptors (Lipinski definition) is 4. The molecule has 0 spiro atoms. The molecule has 3 rings (SSSR count). The zero-order chi connectivity index (χ0) is 19.6. The molecule has 2 aromatic carbocycles. The number of rotatable bonds is 8. The molecule has 3 aromatic rings. The highest BCUT2D eigenvalue weighted by Gasteiger charge is 2.00. The Morgan fingerprint density at radius 1 is 1.07 bits per heavy atom. The van der Waals surface area contributed by atoms with Crippen molar-refractivity contribution in [2.24, 2.45) is 4.99 Å². The van der Waals surface area contributed by atoms with E-state index in [-0.39, 0.29) is 24.0 Å². The summed E-state index contributed by atoms with van der Waals surface area (Å²) in [5.74, 6) is 1.65. The fourth-order valence-electron chi connectivity index (χ4n) is 2.58. The van der Waals surface area contributed by atoms with Crippen molar-refractivity contribution >= 4 is 29.9 Å². The number of nitrogens with zero attached hydrogens (tertiary/aromatic N) is 4. The number of aliphatic imine (C=N–C) groups is 1. The van der Waals surface area contributed by atoms with Gasteiger partial charge in [-0.15, -0.1) is 24.0 Å². The van der Waals surface area contributed by atoms with Crippen LogP contribution in [0.3, 0.4) is 0 Å². The Morgan fingerprint density at radius 3 is 2.48 bits per heavy atom. The molecule has 8 heteroatoms. The predicted octanol–water partition coefficient (Wildman–Crippen LogP) is 3.33. The molecule has 0 aliphatic carbocycles. The molecule has 2 N–H and O–H groups in total. The normalized spacial score (nSPS) is 10.9. The van der Waals surface area contributed by atoms with Crippen molar-refractivity contribution in [1.82, 2.24) is 25.4 Å². The van der Waals surface area contributed by atoms with Crippen LogP contribution in [-0.2, 0) is 6.54 Å². The van der Waals surface area contributed by atoms with Gasteiger partial charge in [0.2, 0.25) is 0 Å². The van der Waals surface area contributed by atoms with E-state index in [4.69, 9.17) is 4.74 Å². The molecule has 0 saturated carbocycles. The van der Waals surface area contributed by atoms with E-state index in [1.165, 1.54) is 11.9 Å². The molecule has 7 nitrogen and oxygen atoms in total. The molecule has 154 valence electrons. The third-order valence-electron chi connectivity index (χ3n) is 4.07. The smallest absolute Gasteiger partial charge is 0.191 e. The van der Waals surface area contributed by atoms with E-state index in [1.807, 2.05) is 55.5 Å². The van der Waals surface area contributed by atoms with Gasteiger partial charge < -0.3 is 15.4 Å². The van der Waals surface area contributed by atoms with Crippen LogP contribution < -0.4 is 15.4 Å². The fraction of sp³-hybridized carbons (Fsp3) is 0.286. The Balaban J connectivity index is 0.00000300. The minimum Gasteiger partial charge on any atom is -0.492 e. The number of nitrogens with one attached hydrogen (secondary N) is 2. The molecule has 0 aliphatic rings. The van der Waals surface area contributed by atoms with Gasteiger partial charge in [0.15, 0.2) is 5.96 Å². The quantitative estimate of drug-likeness (QED) is 0.212. The van der Waals surface area contributed by atoms with Gasteiger partial charge in [0.1, 0.15) is 25.0 Å². The molecule has 0 radical (unpaired) electrons. The summed E-state index contributed by atoms with van der Waals surface area (Å²) < 4.78 is 7.47. The van der Waals surface area contributed by atoms with E-state index in [0.717, 1.165) is 29.5 Å². The van der Waals surface area contributed by atoms with Crippen LogP contribution in [0.2, 0.25) is 0 Å². The summed E-state index contributed by atoms with van der Waals surface area (Å²) in [5.41, 5.74) is 3.32. The van der Waals surface area contributed by atoms with Crippen LogP contribution in [0.1, 0.15) is 18.1 Å². The predicted molar refractivity (Wildman–Crippen MR) is 126 cm³/mol. The van der Waals surface area contributed by atoms with Gasteiger partial charge in [-0.25, -0.2) is 14.7 Å². The lowest BCUT2D eigenvalue weighted by Gasteiger charge is -2.12. The summed E-state index contributed by atoms with van der Waals surface area (Å²) in [7, 11) is 0. The first kappa shape index (κ1) is 22.7. The average Bonchev–Trinajstić information content (AvgIpc) is 3.26. The van der Waals surface area contributed by atoms with Crippen LogP contribution in [-0.4, -0.2) is 40.4 Å². The van der Waals surface area contributed by atoms with Crippen molar-refractivity contribution in [3.8, 4) is 11.4 Å². The van der Waals surface area contributed by atoms with Crippen LogP contribution in [0.4, 0.5) is 0 Å². The van der Waals surface area contributed by atoms with Gasteiger partial charge >= 0.3 is 0 Å². The Hall–Kier alpha value is -2.62. The van der Waals surface area contributed by atoms with Crippen molar-refractivity contribution in [3.63, 3.8) is 0 Å². The lowest BCUT2D eigenvalue weighted by Crippen LogP contribution is -2.39. The molecule has 0 fully saturated rings. The summed E-state index contributed by atoms with van der Waals surface area (Å²) in [6.45, 7) is 6.74. The van der Waals surface area contributed by atoms with Gasteiger partial charge in [-0.3, -0.25) is 0 Å². The lowest BCUT2D eigenvalue weighted by atomic mass is 10.2. The minimum atomic E-state index is 0. The third-order valence-corrected chi connectivity index (χ3v) is 4.07. The molecule has 1 aromatic heterocycles. The molecule has 0 bridgehead atoms. The van der Waals surface area contributed by atoms with Crippen molar-refractivity contribution in [3.05, 3.63) is 72.3 Å². The van der Waals surface area contributed by atoms with Gasteiger partial charge in [0.05, 0.1) is 18.8 Å². The summed E-state index contributed by atoms with van der Waals surface area (Å²) in [5, 5.41) is 10.7. The molecule has 29 heavy (non-hydrogen) atoms. The average molecular weight is 506 g/mol. The Morgan fingerprint density at radius 2 is 1.83 bits per heavy atom.